The summed E-state index contributed by atoms with van der Waals surface area (Å²) in [5.41, 5.74) is 0. The number of nitrogens with zero attached hydrogens (tertiary/aromatic N) is 2. The van der Waals surface area contributed by atoms with Gasteiger partial charge in [-0.15, -0.1) is 0 Å². The lowest BCUT2D eigenvalue weighted by Gasteiger charge is -2.40. The minimum Gasteiger partial charge on any atom is -0.341 e. The van der Waals surface area contributed by atoms with Crippen molar-refractivity contribution in [1.29, 1.82) is 0 Å². The number of amides is 1. The molecule has 1 amide bonds. The number of carbonyl (C=O) groups excluding carboxylic acids is 1. The summed E-state index contributed by atoms with van der Waals surface area (Å²) in [5, 5.41) is 3.06. The summed E-state index contributed by atoms with van der Waals surface area (Å²) in [5.74, 6) is 2.51. The summed E-state index contributed by atoms with van der Waals surface area (Å²) in [6.45, 7) is 4.35. The third kappa shape index (κ3) is 3.89. The molecule has 20 heavy (non-hydrogen) atoms. The van der Waals surface area contributed by atoms with Crippen molar-refractivity contribution in [2.75, 3.05) is 46.0 Å². The van der Waals surface area contributed by atoms with Gasteiger partial charge >= 0.3 is 0 Å². The van der Waals surface area contributed by atoms with Gasteiger partial charge in [0.2, 0.25) is 5.91 Å². The molecule has 0 aromatic heterocycles. The fourth-order valence-corrected chi connectivity index (χ4v) is 3.94. The van der Waals surface area contributed by atoms with Gasteiger partial charge in [0.25, 0.3) is 0 Å². The van der Waals surface area contributed by atoms with Crippen LogP contribution in [0, 0.1) is 11.8 Å². The van der Waals surface area contributed by atoms with Crippen LogP contribution in [0.4, 0.5) is 0 Å². The lowest BCUT2D eigenvalue weighted by molar-refractivity contribution is -0.134. The van der Waals surface area contributed by atoms with E-state index in [-0.39, 0.29) is 11.9 Å². The maximum atomic E-state index is 12.3. The van der Waals surface area contributed by atoms with Gasteiger partial charge < -0.3 is 15.1 Å². The normalized spacial score (nSPS) is 24.9. The van der Waals surface area contributed by atoms with Crippen LogP contribution in [0.25, 0.3) is 0 Å². The molecule has 2 aliphatic heterocycles. The standard InChI is InChI=1S/C15H29N3OS/c1-16-14(11-20)15(19)18-9-5-13(6-10-18)12-3-7-17(2)8-4-12/h12-14,16,20H,3-11H2,1-2H3/t14-/m1/s1. The first-order valence-electron chi connectivity index (χ1n) is 7.91. The molecule has 2 rings (SSSR count). The first-order valence-corrected chi connectivity index (χ1v) is 8.54. The van der Waals surface area contributed by atoms with E-state index in [1.165, 1.54) is 38.8 Å². The van der Waals surface area contributed by atoms with E-state index in [1.807, 2.05) is 11.9 Å². The Hall–Kier alpha value is -0.260. The van der Waals surface area contributed by atoms with E-state index >= 15 is 0 Å². The topological polar surface area (TPSA) is 35.6 Å². The number of piperidine rings is 2. The predicted octanol–water partition coefficient (Wildman–Crippen LogP) is 1.08. The van der Waals surface area contributed by atoms with Crippen LogP contribution in [0.3, 0.4) is 0 Å². The maximum Gasteiger partial charge on any atom is 0.240 e. The summed E-state index contributed by atoms with van der Waals surface area (Å²) < 4.78 is 0. The third-order valence-electron chi connectivity index (χ3n) is 5.11. The van der Waals surface area contributed by atoms with Crippen LogP contribution in [0.2, 0.25) is 0 Å². The zero-order chi connectivity index (χ0) is 14.5. The second-order valence-electron chi connectivity index (χ2n) is 6.33. The van der Waals surface area contributed by atoms with Gasteiger partial charge in [0, 0.05) is 18.8 Å². The van der Waals surface area contributed by atoms with Crippen LogP contribution < -0.4 is 5.32 Å². The molecule has 2 saturated heterocycles. The van der Waals surface area contributed by atoms with Gasteiger partial charge in [-0.2, -0.15) is 12.6 Å². The van der Waals surface area contributed by atoms with Crippen molar-refractivity contribution < 1.29 is 4.79 Å². The molecule has 0 spiro atoms. The van der Waals surface area contributed by atoms with Gasteiger partial charge in [-0.05, 0) is 64.7 Å². The van der Waals surface area contributed by atoms with Crippen LogP contribution in [-0.2, 0) is 4.79 Å². The number of carbonyl (C=O) groups is 1. The predicted molar refractivity (Wildman–Crippen MR) is 86.2 cm³/mol. The van der Waals surface area contributed by atoms with Crippen molar-refractivity contribution in [3.8, 4) is 0 Å². The zero-order valence-corrected chi connectivity index (χ0v) is 13.7. The Balaban J connectivity index is 1.79. The Morgan fingerprint density at radius 1 is 1.15 bits per heavy atom. The number of thiol groups is 1. The molecule has 5 heteroatoms. The van der Waals surface area contributed by atoms with Gasteiger partial charge in [-0.1, -0.05) is 0 Å². The number of hydrogen-bond donors (Lipinski definition) is 2. The number of likely N-dealkylation sites (N-methyl/N-ethyl adjacent to an activating group) is 1. The summed E-state index contributed by atoms with van der Waals surface area (Å²) in [6.07, 6.45) is 5.04. The van der Waals surface area contributed by atoms with Gasteiger partial charge in [-0.3, -0.25) is 4.79 Å². The summed E-state index contributed by atoms with van der Waals surface area (Å²) in [4.78, 5) is 16.8. The lowest BCUT2D eigenvalue weighted by atomic mass is 9.79. The van der Waals surface area contributed by atoms with E-state index in [2.05, 4.69) is 29.9 Å². The second-order valence-corrected chi connectivity index (χ2v) is 6.69. The van der Waals surface area contributed by atoms with Crippen LogP contribution in [0.5, 0.6) is 0 Å². The van der Waals surface area contributed by atoms with Crippen molar-refractivity contribution in [2.24, 2.45) is 11.8 Å². The fraction of sp³-hybridized carbons (Fsp3) is 0.933. The summed E-state index contributed by atoms with van der Waals surface area (Å²) >= 11 is 4.25. The number of likely N-dealkylation sites (tertiary alicyclic amines) is 2. The summed E-state index contributed by atoms with van der Waals surface area (Å²) in [7, 11) is 4.05. The highest BCUT2D eigenvalue weighted by Crippen LogP contribution is 2.32. The molecule has 0 aromatic carbocycles. The van der Waals surface area contributed by atoms with E-state index in [4.69, 9.17) is 0 Å². The van der Waals surface area contributed by atoms with Gasteiger partial charge in [0.1, 0.15) is 0 Å². The Morgan fingerprint density at radius 3 is 2.10 bits per heavy atom. The molecule has 1 atom stereocenters. The smallest absolute Gasteiger partial charge is 0.240 e. The molecule has 0 saturated carbocycles. The second kappa shape index (κ2) is 7.66. The van der Waals surface area contributed by atoms with E-state index in [0.29, 0.717) is 5.75 Å². The molecule has 0 aliphatic carbocycles. The fourth-order valence-electron chi connectivity index (χ4n) is 3.60. The largest absolute Gasteiger partial charge is 0.341 e. The minimum absolute atomic E-state index is 0.127. The maximum absolute atomic E-state index is 12.3. The molecule has 0 unspecified atom stereocenters. The minimum atomic E-state index is -0.127. The molecule has 2 fully saturated rings. The highest BCUT2D eigenvalue weighted by Gasteiger charge is 2.31. The highest BCUT2D eigenvalue weighted by atomic mass is 32.1. The number of nitrogens with one attached hydrogen (secondary N) is 1. The van der Waals surface area contributed by atoms with E-state index < -0.39 is 0 Å². The average Bonchev–Trinajstić information content (AvgIpc) is 2.49. The molecule has 2 aliphatic rings. The van der Waals surface area contributed by atoms with Gasteiger partial charge in [-0.25, -0.2) is 0 Å². The summed E-state index contributed by atoms with van der Waals surface area (Å²) in [6, 6.07) is -0.127. The van der Waals surface area contributed by atoms with Crippen molar-refractivity contribution in [3.63, 3.8) is 0 Å². The van der Waals surface area contributed by atoms with Crippen LogP contribution in [0.15, 0.2) is 0 Å². The zero-order valence-electron chi connectivity index (χ0n) is 12.8. The van der Waals surface area contributed by atoms with Crippen molar-refractivity contribution >= 4 is 18.5 Å². The van der Waals surface area contributed by atoms with E-state index in [1.54, 1.807) is 0 Å². The SMILES string of the molecule is CN[C@H](CS)C(=O)N1CCC(C2CCN(C)CC2)CC1. The Labute approximate surface area is 128 Å². The molecule has 0 bridgehead atoms. The Bertz CT molecular complexity index is 306. The third-order valence-corrected chi connectivity index (χ3v) is 5.48. The van der Waals surface area contributed by atoms with Crippen molar-refractivity contribution in [2.45, 2.75) is 31.7 Å². The molecule has 0 aromatic rings. The van der Waals surface area contributed by atoms with E-state index in [0.717, 1.165) is 24.9 Å². The molecular formula is C15H29N3OS. The Morgan fingerprint density at radius 2 is 1.65 bits per heavy atom. The quantitative estimate of drug-likeness (QED) is 0.763. The molecule has 4 nitrogen and oxygen atoms in total. The lowest BCUT2D eigenvalue weighted by Crippen LogP contribution is -2.50. The van der Waals surface area contributed by atoms with Crippen LogP contribution >= 0.6 is 12.6 Å². The first-order chi connectivity index (χ1) is 9.65. The first kappa shape index (κ1) is 16.1. The number of rotatable bonds is 4. The van der Waals surface area contributed by atoms with Crippen LogP contribution in [-0.4, -0.2) is 67.8 Å². The molecule has 116 valence electrons. The molecule has 1 N–H and O–H groups in total. The Kier molecular flexibility index (Phi) is 6.18. The molecular weight excluding hydrogens is 270 g/mol. The highest BCUT2D eigenvalue weighted by molar-refractivity contribution is 7.80. The molecule has 0 radical (unpaired) electrons. The average molecular weight is 299 g/mol. The number of hydrogen-bond acceptors (Lipinski definition) is 4. The van der Waals surface area contributed by atoms with E-state index in [9.17, 15) is 4.79 Å². The molecule has 2 heterocycles. The van der Waals surface area contributed by atoms with Crippen molar-refractivity contribution in [1.82, 2.24) is 15.1 Å². The van der Waals surface area contributed by atoms with Gasteiger partial charge in [0.15, 0.2) is 0 Å². The van der Waals surface area contributed by atoms with Crippen molar-refractivity contribution in [3.05, 3.63) is 0 Å². The monoisotopic (exact) mass is 299 g/mol. The van der Waals surface area contributed by atoms with Crippen LogP contribution in [0.1, 0.15) is 25.7 Å². The van der Waals surface area contributed by atoms with Gasteiger partial charge in [0.05, 0.1) is 6.04 Å².